The molecule has 1 heterocycles. The molecule has 2 aromatic rings. The van der Waals surface area contributed by atoms with Crippen LogP contribution in [-0.4, -0.2) is 34.5 Å². The number of para-hydroxylation sites is 1. The van der Waals surface area contributed by atoms with E-state index in [1.54, 1.807) is 18.1 Å². The smallest absolute Gasteiger partial charge is 0.256 e. The number of carbonyl (C=O) groups excluding carboxylic acids is 1. The van der Waals surface area contributed by atoms with E-state index in [-0.39, 0.29) is 5.91 Å². The number of benzene rings is 1. The summed E-state index contributed by atoms with van der Waals surface area (Å²) in [5.41, 5.74) is 1.50. The zero-order valence-corrected chi connectivity index (χ0v) is 11.4. The van der Waals surface area contributed by atoms with Crippen molar-refractivity contribution in [2.24, 2.45) is 7.05 Å². The van der Waals surface area contributed by atoms with E-state index in [9.17, 15) is 4.79 Å². The van der Waals surface area contributed by atoms with E-state index in [2.05, 4.69) is 10.3 Å². The highest BCUT2D eigenvalue weighted by Gasteiger charge is 2.16. The van der Waals surface area contributed by atoms with Crippen LogP contribution in [0.5, 0.6) is 0 Å². The molecular weight excluding hydrogens is 240 g/mol. The maximum atomic E-state index is 12.4. The molecule has 0 spiro atoms. The number of aryl methyl sites for hydroxylation is 1. The Morgan fingerprint density at radius 2 is 2.16 bits per heavy atom. The Bertz CT molecular complexity index is 576. The molecule has 0 aliphatic carbocycles. The monoisotopic (exact) mass is 258 g/mol. The number of amides is 1. The summed E-state index contributed by atoms with van der Waals surface area (Å²) in [4.78, 5) is 18.3. The third-order valence-corrected chi connectivity index (χ3v) is 3.07. The third kappa shape index (κ3) is 2.76. The van der Waals surface area contributed by atoms with Crippen LogP contribution in [0.1, 0.15) is 16.2 Å². The van der Waals surface area contributed by atoms with Crippen LogP contribution in [0.4, 0.5) is 5.69 Å². The average Bonchev–Trinajstić information content (AvgIpc) is 2.83. The van der Waals surface area contributed by atoms with Crippen molar-refractivity contribution in [1.82, 2.24) is 14.5 Å². The first kappa shape index (κ1) is 13.1. The molecule has 19 heavy (non-hydrogen) atoms. The van der Waals surface area contributed by atoms with Gasteiger partial charge in [0.2, 0.25) is 0 Å². The molecule has 0 saturated carbocycles. The van der Waals surface area contributed by atoms with Crippen LogP contribution in [0, 0.1) is 0 Å². The highest BCUT2D eigenvalue weighted by atomic mass is 16.2. The fourth-order valence-corrected chi connectivity index (χ4v) is 1.93. The van der Waals surface area contributed by atoms with Gasteiger partial charge < -0.3 is 14.8 Å². The quantitative estimate of drug-likeness (QED) is 0.908. The molecule has 0 radical (unpaired) electrons. The fourth-order valence-electron chi connectivity index (χ4n) is 1.93. The molecule has 0 atom stereocenters. The summed E-state index contributed by atoms with van der Waals surface area (Å²) < 4.78 is 1.91. The average molecular weight is 258 g/mol. The largest absolute Gasteiger partial charge is 0.387 e. The van der Waals surface area contributed by atoms with Crippen LogP contribution in [0.3, 0.4) is 0 Å². The van der Waals surface area contributed by atoms with Gasteiger partial charge in [-0.3, -0.25) is 4.79 Å². The van der Waals surface area contributed by atoms with Crippen LogP contribution < -0.4 is 5.32 Å². The number of hydrogen-bond acceptors (Lipinski definition) is 3. The van der Waals surface area contributed by atoms with E-state index in [0.717, 1.165) is 11.5 Å². The lowest BCUT2D eigenvalue weighted by Gasteiger charge is -2.18. The van der Waals surface area contributed by atoms with Crippen molar-refractivity contribution in [1.29, 1.82) is 0 Å². The van der Waals surface area contributed by atoms with Crippen LogP contribution in [0.25, 0.3) is 0 Å². The van der Waals surface area contributed by atoms with Crippen molar-refractivity contribution in [2.75, 3.05) is 19.4 Å². The van der Waals surface area contributed by atoms with Crippen LogP contribution in [-0.2, 0) is 13.6 Å². The predicted octanol–water partition coefficient (Wildman–Crippen LogP) is 1.73. The number of imidazole rings is 1. The molecule has 0 aliphatic rings. The number of aromatic nitrogens is 2. The van der Waals surface area contributed by atoms with E-state index in [4.69, 9.17) is 0 Å². The van der Waals surface area contributed by atoms with Gasteiger partial charge in [-0.25, -0.2) is 4.98 Å². The van der Waals surface area contributed by atoms with E-state index in [0.29, 0.717) is 12.1 Å². The molecule has 0 saturated heterocycles. The minimum atomic E-state index is -0.0204. The molecule has 5 heteroatoms. The second-order valence-corrected chi connectivity index (χ2v) is 4.41. The maximum absolute atomic E-state index is 12.4. The Morgan fingerprint density at radius 1 is 1.42 bits per heavy atom. The SMILES string of the molecule is CNc1ccccc1C(=O)N(C)Cc1nccn1C. The molecular formula is C14H18N4O. The fraction of sp³-hybridized carbons (Fsp3) is 0.286. The van der Waals surface area contributed by atoms with Crippen molar-refractivity contribution >= 4 is 11.6 Å². The lowest BCUT2D eigenvalue weighted by molar-refractivity contribution is 0.0781. The van der Waals surface area contributed by atoms with Gasteiger partial charge in [0.1, 0.15) is 5.82 Å². The zero-order valence-electron chi connectivity index (χ0n) is 11.4. The van der Waals surface area contributed by atoms with Crippen molar-refractivity contribution < 1.29 is 4.79 Å². The van der Waals surface area contributed by atoms with Gasteiger partial charge in [0.15, 0.2) is 0 Å². The topological polar surface area (TPSA) is 50.2 Å². The molecule has 1 N–H and O–H groups in total. The Balaban J connectivity index is 2.17. The Hall–Kier alpha value is -2.30. The van der Waals surface area contributed by atoms with Crippen LogP contribution >= 0.6 is 0 Å². The number of carbonyl (C=O) groups is 1. The van der Waals surface area contributed by atoms with Crippen LogP contribution in [0.2, 0.25) is 0 Å². The first-order valence-electron chi connectivity index (χ1n) is 6.12. The van der Waals surface area contributed by atoms with E-state index in [1.807, 2.05) is 49.1 Å². The van der Waals surface area contributed by atoms with Gasteiger partial charge in [0.05, 0.1) is 12.1 Å². The summed E-state index contributed by atoms with van der Waals surface area (Å²) >= 11 is 0. The predicted molar refractivity (Wildman–Crippen MR) is 75.0 cm³/mol. The first-order chi connectivity index (χ1) is 9.13. The normalized spacial score (nSPS) is 10.3. The van der Waals surface area contributed by atoms with Crippen molar-refractivity contribution in [3.63, 3.8) is 0 Å². The second kappa shape index (κ2) is 5.56. The van der Waals surface area contributed by atoms with Gasteiger partial charge in [-0.15, -0.1) is 0 Å². The highest BCUT2D eigenvalue weighted by Crippen LogP contribution is 2.16. The summed E-state index contributed by atoms with van der Waals surface area (Å²) in [6.45, 7) is 0.486. The Morgan fingerprint density at radius 3 is 2.79 bits per heavy atom. The summed E-state index contributed by atoms with van der Waals surface area (Å²) in [5.74, 6) is 0.839. The van der Waals surface area contributed by atoms with Gasteiger partial charge >= 0.3 is 0 Å². The number of rotatable bonds is 4. The second-order valence-electron chi connectivity index (χ2n) is 4.41. The first-order valence-corrected chi connectivity index (χ1v) is 6.12. The van der Waals surface area contributed by atoms with E-state index < -0.39 is 0 Å². The highest BCUT2D eigenvalue weighted by molar-refractivity contribution is 5.99. The number of nitrogens with zero attached hydrogens (tertiary/aromatic N) is 3. The molecule has 0 aliphatic heterocycles. The molecule has 2 rings (SSSR count). The minimum Gasteiger partial charge on any atom is -0.387 e. The Kier molecular flexibility index (Phi) is 3.85. The molecule has 100 valence electrons. The standard InChI is InChI=1S/C14H18N4O/c1-15-12-7-5-4-6-11(12)14(19)18(3)10-13-16-8-9-17(13)2/h4-9,15H,10H2,1-3H3. The molecule has 1 aromatic heterocycles. The number of hydrogen-bond donors (Lipinski definition) is 1. The number of anilines is 1. The summed E-state index contributed by atoms with van der Waals surface area (Å²) in [6.07, 6.45) is 3.60. The molecule has 0 fully saturated rings. The summed E-state index contributed by atoms with van der Waals surface area (Å²) in [7, 11) is 5.51. The van der Waals surface area contributed by atoms with Crippen LogP contribution in [0.15, 0.2) is 36.7 Å². The van der Waals surface area contributed by atoms with E-state index >= 15 is 0 Å². The van der Waals surface area contributed by atoms with Gasteiger partial charge in [-0.2, -0.15) is 0 Å². The van der Waals surface area contributed by atoms with E-state index in [1.165, 1.54) is 0 Å². The summed E-state index contributed by atoms with van der Waals surface area (Å²) in [5, 5.41) is 3.03. The molecule has 5 nitrogen and oxygen atoms in total. The zero-order chi connectivity index (χ0) is 13.8. The lowest BCUT2D eigenvalue weighted by Crippen LogP contribution is -2.28. The molecule has 1 amide bonds. The molecule has 1 aromatic carbocycles. The third-order valence-electron chi connectivity index (χ3n) is 3.07. The Labute approximate surface area is 112 Å². The van der Waals surface area contributed by atoms with Crippen molar-refractivity contribution in [2.45, 2.75) is 6.54 Å². The van der Waals surface area contributed by atoms with Gasteiger partial charge in [0.25, 0.3) is 5.91 Å². The lowest BCUT2D eigenvalue weighted by atomic mass is 10.1. The van der Waals surface area contributed by atoms with Crippen molar-refractivity contribution in [3.8, 4) is 0 Å². The number of nitrogens with one attached hydrogen (secondary N) is 1. The van der Waals surface area contributed by atoms with Gasteiger partial charge in [-0.1, -0.05) is 12.1 Å². The molecule has 0 unspecified atom stereocenters. The van der Waals surface area contributed by atoms with Crippen molar-refractivity contribution in [3.05, 3.63) is 48.0 Å². The summed E-state index contributed by atoms with van der Waals surface area (Å²) in [6, 6.07) is 7.48. The van der Waals surface area contributed by atoms with Gasteiger partial charge in [0, 0.05) is 39.2 Å². The van der Waals surface area contributed by atoms with Gasteiger partial charge in [-0.05, 0) is 12.1 Å². The minimum absolute atomic E-state index is 0.0204. The maximum Gasteiger partial charge on any atom is 0.256 e. The molecule has 0 bridgehead atoms.